The Kier molecular flexibility index (Phi) is 3.65. The Morgan fingerprint density at radius 2 is 1.64 bits per heavy atom. The van der Waals surface area contributed by atoms with E-state index in [1.807, 2.05) is 0 Å². The molecule has 0 atom stereocenters. The first-order valence-electron chi connectivity index (χ1n) is 10.1. The maximum absolute atomic E-state index is 6.56. The SMILES string of the molecule is Cc1ccc2c(oc3cc4c(cc32)C(C)(C)CCC4(C)C)c1-c1scc[n+]1C. The van der Waals surface area contributed by atoms with Crippen LogP contribution in [0.4, 0.5) is 0 Å². The van der Waals surface area contributed by atoms with Crippen molar-refractivity contribution >= 4 is 33.3 Å². The summed E-state index contributed by atoms with van der Waals surface area (Å²) in [6.07, 6.45) is 4.56. The monoisotopic (exact) mass is 390 g/mol. The molecular weight excluding hydrogens is 362 g/mol. The van der Waals surface area contributed by atoms with Crippen LogP contribution >= 0.6 is 11.3 Å². The number of fused-ring (bicyclic) bond motifs is 4. The van der Waals surface area contributed by atoms with Crippen molar-refractivity contribution in [3.8, 4) is 10.6 Å². The van der Waals surface area contributed by atoms with Gasteiger partial charge >= 0.3 is 0 Å². The molecule has 0 saturated carbocycles. The Morgan fingerprint density at radius 3 is 2.29 bits per heavy atom. The maximum atomic E-state index is 6.56. The lowest BCUT2D eigenvalue weighted by Crippen LogP contribution is -2.33. The first-order valence-corrected chi connectivity index (χ1v) is 11.0. The minimum atomic E-state index is 0.191. The molecule has 0 spiro atoms. The van der Waals surface area contributed by atoms with E-state index in [9.17, 15) is 0 Å². The lowest BCUT2D eigenvalue weighted by molar-refractivity contribution is -0.655. The topological polar surface area (TPSA) is 17.0 Å². The van der Waals surface area contributed by atoms with Gasteiger partial charge in [-0.15, -0.1) is 0 Å². The summed E-state index contributed by atoms with van der Waals surface area (Å²) in [5.74, 6) is 0. The van der Waals surface area contributed by atoms with Gasteiger partial charge in [-0.2, -0.15) is 4.57 Å². The van der Waals surface area contributed by atoms with E-state index < -0.39 is 0 Å². The molecule has 0 fully saturated rings. The molecule has 28 heavy (non-hydrogen) atoms. The highest BCUT2D eigenvalue weighted by atomic mass is 32.1. The first-order chi connectivity index (χ1) is 13.2. The van der Waals surface area contributed by atoms with Crippen LogP contribution in [-0.4, -0.2) is 0 Å². The van der Waals surface area contributed by atoms with Gasteiger partial charge in [0.15, 0.2) is 11.8 Å². The third-order valence-electron chi connectivity index (χ3n) is 6.82. The fourth-order valence-corrected chi connectivity index (χ4v) is 5.81. The molecule has 144 valence electrons. The van der Waals surface area contributed by atoms with Gasteiger partial charge in [-0.05, 0) is 59.4 Å². The van der Waals surface area contributed by atoms with Crippen molar-refractivity contribution in [2.24, 2.45) is 7.05 Å². The van der Waals surface area contributed by atoms with Crippen molar-refractivity contribution < 1.29 is 8.98 Å². The molecule has 5 rings (SSSR count). The molecular formula is C25H28NOS+. The highest BCUT2D eigenvalue weighted by Crippen LogP contribution is 2.48. The van der Waals surface area contributed by atoms with E-state index in [2.05, 4.69) is 82.1 Å². The summed E-state index contributed by atoms with van der Waals surface area (Å²) in [5.41, 5.74) is 7.86. The van der Waals surface area contributed by atoms with Crippen LogP contribution in [0.5, 0.6) is 0 Å². The molecule has 1 aliphatic rings. The summed E-state index contributed by atoms with van der Waals surface area (Å²) in [5, 5.41) is 5.86. The van der Waals surface area contributed by atoms with Crippen molar-refractivity contribution in [2.75, 3.05) is 0 Å². The van der Waals surface area contributed by atoms with E-state index >= 15 is 0 Å². The fourth-order valence-electron chi connectivity index (χ4n) is 4.84. The Bertz CT molecular complexity index is 1240. The lowest BCUT2D eigenvalue weighted by Gasteiger charge is -2.41. The maximum Gasteiger partial charge on any atom is 0.272 e. The summed E-state index contributed by atoms with van der Waals surface area (Å²) in [7, 11) is 2.11. The Balaban J connectivity index is 1.89. The molecule has 2 aromatic carbocycles. The minimum Gasteiger partial charge on any atom is -0.455 e. The van der Waals surface area contributed by atoms with Crippen LogP contribution in [0.3, 0.4) is 0 Å². The summed E-state index contributed by atoms with van der Waals surface area (Å²) >= 11 is 1.77. The van der Waals surface area contributed by atoms with Crippen LogP contribution in [0.15, 0.2) is 40.3 Å². The molecule has 0 bridgehead atoms. The largest absolute Gasteiger partial charge is 0.455 e. The Morgan fingerprint density at radius 1 is 0.964 bits per heavy atom. The quantitative estimate of drug-likeness (QED) is 0.327. The van der Waals surface area contributed by atoms with E-state index in [0.717, 1.165) is 11.2 Å². The van der Waals surface area contributed by atoms with Crippen molar-refractivity contribution in [2.45, 2.75) is 58.3 Å². The molecule has 0 aliphatic heterocycles. The molecule has 0 unspecified atom stereocenters. The number of hydrogen-bond acceptors (Lipinski definition) is 2. The number of hydrogen-bond donors (Lipinski definition) is 0. The van der Waals surface area contributed by atoms with Gasteiger partial charge in [0.25, 0.3) is 5.01 Å². The van der Waals surface area contributed by atoms with Gasteiger partial charge in [-0.25, -0.2) is 0 Å². The second-order valence-corrected chi connectivity index (χ2v) is 10.6. The van der Waals surface area contributed by atoms with Crippen LogP contribution in [0, 0.1) is 6.92 Å². The highest BCUT2D eigenvalue weighted by molar-refractivity contribution is 7.12. The molecule has 1 aliphatic carbocycles. The number of thiazole rings is 1. The number of rotatable bonds is 1. The Labute approximate surface area is 170 Å². The molecule has 2 nitrogen and oxygen atoms in total. The van der Waals surface area contributed by atoms with Gasteiger partial charge in [0.2, 0.25) is 0 Å². The molecule has 0 N–H and O–H groups in total. The highest BCUT2D eigenvalue weighted by Gasteiger charge is 2.38. The van der Waals surface area contributed by atoms with Crippen LogP contribution in [-0.2, 0) is 17.9 Å². The number of furan rings is 1. The van der Waals surface area contributed by atoms with Crippen LogP contribution in [0.25, 0.3) is 32.5 Å². The van der Waals surface area contributed by atoms with E-state index in [1.165, 1.54) is 50.9 Å². The third-order valence-corrected chi connectivity index (χ3v) is 7.79. The Hall–Kier alpha value is -2.13. The lowest BCUT2D eigenvalue weighted by atomic mass is 9.63. The molecule has 2 aromatic heterocycles. The number of aromatic nitrogens is 1. The summed E-state index contributed by atoms with van der Waals surface area (Å²) in [6.45, 7) is 11.7. The predicted octanol–water partition coefficient (Wildman–Crippen LogP) is 6.80. The summed E-state index contributed by atoms with van der Waals surface area (Å²) in [4.78, 5) is 0. The molecule has 0 amide bonds. The average Bonchev–Trinajstić information content (AvgIpc) is 3.21. The van der Waals surface area contributed by atoms with Gasteiger partial charge in [-0.1, -0.05) is 51.2 Å². The van der Waals surface area contributed by atoms with Crippen molar-refractivity contribution in [3.05, 3.63) is 52.5 Å². The zero-order valence-corrected chi connectivity index (χ0v) is 18.5. The molecule has 3 heteroatoms. The van der Waals surface area contributed by atoms with Gasteiger partial charge in [-0.3, -0.25) is 0 Å². The van der Waals surface area contributed by atoms with Gasteiger partial charge in [0.05, 0.1) is 5.38 Å². The zero-order valence-electron chi connectivity index (χ0n) is 17.6. The second kappa shape index (κ2) is 5.70. The van der Waals surface area contributed by atoms with E-state index in [-0.39, 0.29) is 10.8 Å². The van der Waals surface area contributed by atoms with E-state index in [0.29, 0.717) is 0 Å². The summed E-state index contributed by atoms with van der Waals surface area (Å²) in [6, 6.07) is 9.23. The van der Waals surface area contributed by atoms with E-state index in [4.69, 9.17) is 4.42 Å². The number of aryl methyl sites for hydroxylation is 2. The molecule has 0 radical (unpaired) electrons. The van der Waals surface area contributed by atoms with Crippen molar-refractivity contribution in [1.29, 1.82) is 0 Å². The standard InChI is InChI=1S/C25H28NOS/c1-15-7-8-16-17-13-18-19(25(4,5)10-9-24(18,2)3)14-20(17)27-22(16)21(15)23-26(6)11-12-28-23/h7-8,11-14H,9-10H2,1-6H3/q+1. The third kappa shape index (κ3) is 2.42. The fraction of sp³-hybridized carbons (Fsp3) is 0.400. The van der Waals surface area contributed by atoms with Crippen LogP contribution < -0.4 is 4.57 Å². The van der Waals surface area contributed by atoms with E-state index in [1.54, 1.807) is 11.3 Å². The van der Waals surface area contributed by atoms with Gasteiger partial charge < -0.3 is 4.42 Å². The second-order valence-electron chi connectivity index (χ2n) is 9.72. The van der Waals surface area contributed by atoms with Crippen LogP contribution in [0.1, 0.15) is 57.2 Å². The first kappa shape index (κ1) is 17.9. The van der Waals surface area contributed by atoms with Gasteiger partial charge in [0, 0.05) is 10.8 Å². The predicted molar refractivity (Wildman–Crippen MR) is 118 cm³/mol. The zero-order chi connectivity index (χ0) is 19.8. The minimum absolute atomic E-state index is 0.191. The number of benzene rings is 2. The normalized spacial score (nSPS) is 17.9. The van der Waals surface area contributed by atoms with Crippen molar-refractivity contribution in [3.63, 3.8) is 0 Å². The molecule has 4 aromatic rings. The average molecular weight is 391 g/mol. The van der Waals surface area contributed by atoms with Crippen molar-refractivity contribution in [1.82, 2.24) is 0 Å². The summed E-state index contributed by atoms with van der Waals surface area (Å²) < 4.78 is 8.76. The van der Waals surface area contributed by atoms with Crippen LogP contribution in [0.2, 0.25) is 0 Å². The van der Waals surface area contributed by atoms with Gasteiger partial charge in [0.1, 0.15) is 18.2 Å². The smallest absolute Gasteiger partial charge is 0.272 e. The molecule has 2 heterocycles. The molecule has 0 saturated heterocycles. The number of nitrogens with zero attached hydrogens (tertiary/aromatic N) is 1.